The highest BCUT2D eigenvalue weighted by atomic mass is 32.2. The molecule has 1 aromatic carbocycles. The molecule has 0 unspecified atom stereocenters. The van der Waals surface area contributed by atoms with E-state index in [-0.39, 0.29) is 42.4 Å². The minimum atomic E-state index is -3.20. The number of hydrogen-bond acceptors (Lipinski definition) is 7. The van der Waals surface area contributed by atoms with Crippen molar-refractivity contribution in [3.8, 4) is 0 Å². The molecule has 1 atom stereocenters. The van der Waals surface area contributed by atoms with Crippen LogP contribution in [0.5, 0.6) is 0 Å². The maximum absolute atomic E-state index is 12.3. The van der Waals surface area contributed by atoms with Crippen molar-refractivity contribution in [1.29, 1.82) is 0 Å². The number of carbonyl (C=O) groups excluding carboxylic acids is 3. The van der Waals surface area contributed by atoms with Crippen LogP contribution in [0.1, 0.15) is 30.4 Å². The van der Waals surface area contributed by atoms with E-state index in [4.69, 9.17) is 4.74 Å². The van der Waals surface area contributed by atoms with Crippen molar-refractivity contribution in [2.24, 2.45) is 5.10 Å². The lowest BCUT2D eigenvalue weighted by Gasteiger charge is -2.27. The van der Waals surface area contributed by atoms with E-state index in [0.29, 0.717) is 5.69 Å². The molecule has 0 aliphatic carbocycles. The number of aryl methyl sites for hydroxylation is 2. The van der Waals surface area contributed by atoms with E-state index in [9.17, 15) is 22.8 Å². The highest BCUT2D eigenvalue weighted by Gasteiger charge is 2.37. The normalized spacial score (nSPS) is 20.9. The molecule has 2 heterocycles. The van der Waals surface area contributed by atoms with Gasteiger partial charge in [-0.2, -0.15) is 5.10 Å². The Bertz CT molecular complexity index is 965. The molecule has 1 N–H and O–H groups in total. The Labute approximate surface area is 169 Å². The van der Waals surface area contributed by atoms with Crippen molar-refractivity contribution >= 4 is 39.0 Å². The first-order chi connectivity index (χ1) is 13.6. The number of anilines is 1. The highest BCUT2D eigenvalue weighted by Crippen LogP contribution is 2.22. The fraction of sp³-hybridized carbons (Fsp3) is 0.474. The van der Waals surface area contributed by atoms with Gasteiger partial charge in [0.15, 0.2) is 16.4 Å². The van der Waals surface area contributed by atoms with Crippen LogP contribution in [0.4, 0.5) is 5.69 Å². The molecule has 2 aliphatic rings. The summed E-state index contributed by atoms with van der Waals surface area (Å²) >= 11 is 0. The van der Waals surface area contributed by atoms with Crippen molar-refractivity contribution in [2.45, 2.75) is 39.2 Å². The van der Waals surface area contributed by atoms with Gasteiger partial charge in [0, 0.05) is 18.5 Å². The van der Waals surface area contributed by atoms with Gasteiger partial charge in [-0.25, -0.2) is 18.2 Å². The summed E-state index contributed by atoms with van der Waals surface area (Å²) in [6.07, 6.45) is 0.420. The number of benzene rings is 1. The molecule has 0 spiro atoms. The Hall–Kier alpha value is -2.75. The number of amides is 2. The fourth-order valence-corrected chi connectivity index (χ4v) is 5.12. The van der Waals surface area contributed by atoms with Crippen LogP contribution in [0.2, 0.25) is 0 Å². The Morgan fingerprint density at radius 2 is 1.90 bits per heavy atom. The molecule has 29 heavy (non-hydrogen) atoms. The van der Waals surface area contributed by atoms with Crippen LogP contribution in [0.3, 0.4) is 0 Å². The van der Waals surface area contributed by atoms with Gasteiger partial charge < -0.3 is 10.1 Å². The highest BCUT2D eigenvalue weighted by molar-refractivity contribution is 7.91. The SMILES string of the molecule is Cc1cc(C)cc(NC(=O)COC(=O)C2=NN([C@H]3CCS(=O)(=O)C3)C(=O)CC2)c1. The van der Waals surface area contributed by atoms with Gasteiger partial charge in [0.05, 0.1) is 17.5 Å². The van der Waals surface area contributed by atoms with Gasteiger partial charge in [0.1, 0.15) is 5.71 Å². The Morgan fingerprint density at radius 3 is 2.52 bits per heavy atom. The average molecular weight is 421 g/mol. The first-order valence-corrected chi connectivity index (χ1v) is 11.1. The van der Waals surface area contributed by atoms with Crippen LogP contribution in [0, 0.1) is 13.8 Å². The second kappa shape index (κ2) is 8.32. The number of nitrogens with zero attached hydrogens (tertiary/aromatic N) is 2. The lowest BCUT2D eigenvalue weighted by Crippen LogP contribution is -2.42. The maximum atomic E-state index is 12.3. The lowest BCUT2D eigenvalue weighted by atomic mass is 10.1. The van der Waals surface area contributed by atoms with Crippen LogP contribution in [0.15, 0.2) is 23.3 Å². The first-order valence-electron chi connectivity index (χ1n) is 9.28. The van der Waals surface area contributed by atoms with E-state index in [0.717, 1.165) is 16.1 Å². The summed E-state index contributed by atoms with van der Waals surface area (Å²) in [6.45, 7) is 3.33. The molecular formula is C19H23N3O6S. The average Bonchev–Trinajstić information content (AvgIpc) is 2.99. The number of carbonyl (C=O) groups is 3. The molecule has 9 nitrogen and oxygen atoms in total. The zero-order valence-electron chi connectivity index (χ0n) is 16.3. The van der Waals surface area contributed by atoms with Gasteiger partial charge in [-0.3, -0.25) is 9.59 Å². The van der Waals surface area contributed by atoms with Crippen molar-refractivity contribution in [1.82, 2.24) is 5.01 Å². The first kappa shape index (κ1) is 21.0. The summed E-state index contributed by atoms with van der Waals surface area (Å²) in [5.41, 5.74) is 2.60. The Morgan fingerprint density at radius 1 is 1.21 bits per heavy atom. The smallest absolute Gasteiger partial charge is 0.355 e. The molecule has 10 heteroatoms. The van der Waals surface area contributed by atoms with Gasteiger partial charge in [0.2, 0.25) is 5.91 Å². The summed E-state index contributed by atoms with van der Waals surface area (Å²) in [7, 11) is -3.20. The van der Waals surface area contributed by atoms with Gasteiger partial charge in [-0.1, -0.05) is 6.07 Å². The van der Waals surface area contributed by atoms with Crippen molar-refractivity contribution in [2.75, 3.05) is 23.4 Å². The summed E-state index contributed by atoms with van der Waals surface area (Å²) in [5.74, 6) is -1.78. The number of rotatable bonds is 5. The second-order valence-electron chi connectivity index (χ2n) is 7.34. The van der Waals surface area contributed by atoms with Crippen LogP contribution in [-0.2, 0) is 29.0 Å². The molecular weight excluding hydrogens is 398 g/mol. The van der Waals surface area contributed by atoms with Crippen LogP contribution < -0.4 is 5.32 Å². The molecule has 3 rings (SSSR count). The lowest BCUT2D eigenvalue weighted by molar-refractivity contribution is -0.141. The predicted molar refractivity (Wildman–Crippen MR) is 106 cm³/mol. The molecule has 156 valence electrons. The number of hydrazone groups is 1. The molecule has 1 aromatic rings. The summed E-state index contributed by atoms with van der Waals surface area (Å²) in [6, 6.07) is 5.01. The number of hydrogen-bond donors (Lipinski definition) is 1. The van der Waals surface area contributed by atoms with Crippen molar-refractivity contribution in [3.05, 3.63) is 29.3 Å². The topological polar surface area (TPSA) is 122 Å². The zero-order chi connectivity index (χ0) is 21.2. The third-order valence-electron chi connectivity index (χ3n) is 4.69. The largest absolute Gasteiger partial charge is 0.451 e. The third kappa shape index (κ3) is 5.41. The Kier molecular flexibility index (Phi) is 6.02. The van der Waals surface area contributed by atoms with Gasteiger partial charge in [0.25, 0.3) is 5.91 Å². The van der Waals surface area contributed by atoms with Crippen LogP contribution >= 0.6 is 0 Å². The molecule has 1 fully saturated rings. The zero-order valence-corrected chi connectivity index (χ0v) is 17.1. The number of sulfone groups is 1. The summed E-state index contributed by atoms with van der Waals surface area (Å²) in [4.78, 5) is 36.4. The molecule has 2 aliphatic heterocycles. The predicted octanol–water partition coefficient (Wildman–Crippen LogP) is 0.951. The van der Waals surface area contributed by atoms with E-state index in [1.807, 2.05) is 19.9 Å². The minimum Gasteiger partial charge on any atom is -0.451 e. The molecule has 0 saturated carbocycles. The van der Waals surface area contributed by atoms with E-state index in [1.165, 1.54) is 0 Å². The van der Waals surface area contributed by atoms with Gasteiger partial charge in [-0.15, -0.1) is 0 Å². The fourth-order valence-electron chi connectivity index (χ4n) is 3.43. The quantitative estimate of drug-likeness (QED) is 0.707. The maximum Gasteiger partial charge on any atom is 0.355 e. The number of ether oxygens (including phenoxy) is 1. The molecule has 0 radical (unpaired) electrons. The van der Waals surface area contributed by atoms with Gasteiger partial charge >= 0.3 is 5.97 Å². The molecule has 0 bridgehead atoms. The van der Waals surface area contributed by atoms with Crippen molar-refractivity contribution < 1.29 is 27.5 Å². The number of esters is 1. The molecule has 2 amide bonds. The third-order valence-corrected chi connectivity index (χ3v) is 6.44. The van der Waals surface area contributed by atoms with E-state index < -0.39 is 34.4 Å². The summed E-state index contributed by atoms with van der Waals surface area (Å²) in [5, 5.41) is 7.77. The standard InChI is InChI=1S/C19H23N3O6S/c1-12-7-13(2)9-14(8-12)20-17(23)10-28-19(25)16-3-4-18(24)22(21-16)15-5-6-29(26,27)11-15/h7-9,15H,3-6,10-11H2,1-2H3,(H,20,23)/t15-/m0/s1. The Balaban J connectivity index is 1.58. The van der Waals surface area contributed by atoms with Crippen LogP contribution in [-0.4, -0.2) is 61.1 Å². The van der Waals surface area contributed by atoms with E-state index >= 15 is 0 Å². The minimum absolute atomic E-state index is 0.00461. The second-order valence-corrected chi connectivity index (χ2v) is 9.57. The summed E-state index contributed by atoms with van der Waals surface area (Å²) < 4.78 is 28.3. The van der Waals surface area contributed by atoms with E-state index in [1.54, 1.807) is 12.1 Å². The molecule has 0 aromatic heterocycles. The monoisotopic (exact) mass is 421 g/mol. The molecule has 1 saturated heterocycles. The van der Waals surface area contributed by atoms with E-state index in [2.05, 4.69) is 10.4 Å². The van der Waals surface area contributed by atoms with Crippen molar-refractivity contribution in [3.63, 3.8) is 0 Å². The van der Waals surface area contributed by atoms with Gasteiger partial charge in [-0.05, 0) is 43.5 Å². The van der Waals surface area contributed by atoms with Crippen LogP contribution in [0.25, 0.3) is 0 Å². The number of nitrogens with one attached hydrogen (secondary N) is 1.